The van der Waals surface area contributed by atoms with Crippen molar-refractivity contribution in [3.63, 3.8) is 0 Å². The van der Waals surface area contributed by atoms with E-state index in [1.165, 1.54) is 11.1 Å². The number of benzene rings is 1. The molecule has 1 fully saturated rings. The maximum absolute atomic E-state index is 11.9. The highest BCUT2D eigenvalue weighted by Gasteiger charge is 2.26. The van der Waals surface area contributed by atoms with Crippen LogP contribution < -0.4 is 5.32 Å². The van der Waals surface area contributed by atoms with Gasteiger partial charge >= 0.3 is 5.97 Å². The SMILES string of the molecule is Cc1ccc(CCCC(=O)NC2CCC(C(=O)O)CC2)cc1. The Balaban J connectivity index is 1.64. The highest BCUT2D eigenvalue weighted by molar-refractivity contribution is 5.76. The van der Waals surface area contributed by atoms with E-state index in [1.807, 2.05) is 0 Å². The Morgan fingerprint density at radius 2 is 1.77 bits per heavy atom. The minimum atomic E-state index is -0.706. The van der Waals surface area contributed by atoms with Crippen LogP contribution in [0, 0.1) is 12.8 Å². The summed E-state index contributed by atoms with van der Waals surface area (Å²) >= 11 is 0. The van der Waals surface area contributed by atoms with Gasteiger partial charge in [-0.05, 0) is 51.0 Å². The highest BCUT2D eigenvalue weighted by atomic mass is 16.4. The molecular formula is C18H25NO3. The van der Waals surface area contributed by atoms with E-state index in [1.54, 1.807) is 0 Å². The summed E-state index contributed by atoms with van der Waals surface area (Å²) in [5.41, 5.74) is 2.51. The van der Waals surface area contributed by atoms with Crippen LogP contribution in [0.15, 0.2) is 24.3 Å². The summed E-state index contributed by atoms with van der Waals surface area (Å²) in [6.45, 7) is 2.07. The molecule has 1 aliphatic carbocycles. The molecule has 4 heteroatoms. The average Bonchev–Trinajstić information content (AvgIpc) is 2.50. The first-order valence-corrected chi connectivity index (χ1v) is 8.12. The van der Waals surface area contributed by atoms with Crippen molar-refractivity contribution in [2.24, 2.45) is 5.92 Å². The van der Waals surface area contributed by atoms with E-state index < -0.39 is 5.97 Å². The first kappa shape index (κ1) is 16.5. The first-order chi connectivity index (χ1) is 10.5. The van der Waals surface area contributed by atoms with Gasteiger partial charge in [-0.25, -0.2) is 0 Å². The van der Waals surface area contributed by atoms with Crippen LogP contribution in [0.3, 0.4) is 0 Å². The van der Waals surface area contributed by atoms with E-state index in [-0.39, 0.29) is 17.9 Å². The van der Waals surface area contributed by atoms with E-state index in [4.69, 9.17) is 5.11 Å². The highest BCUT2D eigenvalue weighted by Crippen LogP contribution is 2.24. The van der Waals surface area contributed by atoms with Crippen molar-refractivity contribution >= 4 is 11.9 Å². The lowest BCUT2D eigenvalue weighted by molar-refractivity contribution is -0.142. The van der Waals surface area contributed by atoms with Crippen molar-refractivity contribution in [3.05, 3.63) is 35.4 Å². The molecular weight excluding hydrogens is 278 g/mol. The lowest BCUT2D eigenvalue weighted by Crippen LogP contribution is -2.38. The van der Waals surface area contributed by atoms with Gasteiger partial charge in [-0.3, -0.25) is 9.59 Å². The minimum absolute atomic E-state index is 0.0888. The molecule has 0 aromatic heterocycles. The minimum Gasteiger partial charge on any atom is -0.481 e. The Labute approximate surface area is 131 Å². The third-order valence-corrected chi connectivity index (χ3v) is 4.43. The van der Waals surface area contributed by atoms with Gasteiger partial charge in [0.15, 0.2) is 0 Å². The third kappa shape index (κ3) is 5.17. The lowest BCUT2D eigenvalue weighted by Gasteiger charge is -2.26. The largest absolute Gasteiger partial charge is 0.481 e. The number of aryl methyl sites for hydroxylation is 2. The van der Waals surface area contributed by atoms with E-state index >= 15 is 0 Å². The molecule has 0 heterocycles. The second kappa shape index (κ2) is 7.97. The molecule has 2 N–H and O–H groups in total. The smallest absolute Gasteiger partial charge is 0.306 e. The summed E-state index contributed by atoms with van der Waals surface area (Å²) in [5.74, 6) is -0.844. The van der Waals surface area contributed by atoms with Gasteiger partial charge in [0.05, 0.1) is 5.92 Å². The van der Waals surface area contributed by atoms with Crippen molar-refractivity contribution in [2.45, 2.75) is 57.9 Å². The van der Waals surface area contributed by atoms with Gasteiger partial charge in [-0.2, -0.15) is 0 Å². The van der Waals surface area contributed by atoms with Crippen LogP contribution in [-0.2, 0) is 16.0 Å². The second-order valence-corrected chi connectivity index (χ2v) is 6.29. The fraction of sp³-hybridized carbons (Fsp3) is 0.556. The Bertz CT molecular complexity index is 502. The standard InChI is InChI=1S/C18H25NO3/c1-13-5-7-14(8-6-13)3-2-4-17(20)19-16-11-9-15(10-12-16)18(21)22/h5-8,15-16H,2-4,9-12H2,1H3,(H,19,20)(H,21,22). The zero-order chi connectivity index (χ0) is 15.9. The van der Waals surface area contributed by atoms with Gasteiger partial charge in [0.2, 0.25) is 5.91 Å². The van der Waals surface area contributed by atoms with Crippen LogP contribution in [0.4, 0.5) is 0 Å². The molecule has 1 amide bonds. The van der Waals surface area contributed by atoms with E-state index in [0.717, 1.165) is 25.7 Å². The van der Waals surface area contributed by atoms with Crippen molar-refractivity contribution in [2.75, 3.05) is 0 Å². The van der Waals surface area contributed by atoms with Gasteiger partial charge in [-0.15, -0.1) is 0 Å². The molecule has 0 bridgehead atoms. The number of nitrogens with one attached hydrogen (secondary N) is 1. The van der Waals surface area contributed by atoms with E-state index in [2.05, 4.69) is 36.5 Å². The molecule has 0 atom stereocenters. The Morgan fingerprint density at radius 1 is 1.14 bits per heavy atom. The van der Waals surface area contributed by atoms with Gasteiger partial charge in [0.1, 0.15) is 0 Å². The quantitative estimate of drug-likeness (QED) is 0.848. The van der Waals surface area contributed by atoms with Gasteiger partial charge in [-0.1, -0.05) is 29.8 Å². The van der Waals surface area contributed by atoms with Crippen molar-refractivity contribution in [1.29, 1.82) is 0 Å². The van der Waals surface area contributed by atoms with E-state index in [0.29, 0.717) is 19.3 Å². The van der Waals surface area contributed by atoms with Crippen molar-refractivity contribution in [3.8, 4) is 0 Å². The van der Waals surface area contributed by atoms with Crippen LogP contribution in [0.2, 0.25) is 0 Å². The second-order valence-electron chi connectivity index (χ2n) is 6.29. The fourth-order valence-electron chi connectivity index (χ4n) is 2.99. The Kier molecular flexibility index (Phi) is 5.99. The normalized spacial score (nSPS) is 21.3. The molecule has 1 aromatic carbocycles. The lowest BCUT2D eigenvalue weighted by atomic mass is 9.86. The zero-order valence-electron chi connectivity index (χ0n) is 13.2. The first-order valence-electron chi connectivity index (χ1n) is 8.12. The maximum Gasteiger partial charge on any atom is 0.306 e. The predicted molar refractivity (Wildman–Crippen MR) is 85.6 cm³/mol. The average molecular weight is 303 g/mol. The molecule has 0 spiro atoms. The predicted octanol–water partition coefficient (Wildman–Crippen LogP) is 3.08. The van der Waals surface area contributed by atoms with Crippen LogP contribution in [0.1, 0.15) is 49.7 Å². The van der Waals surface area contributed by atoms with E-state index in [9.17, 15) is 9.59 Å². The molecule has 120 valence electrons. The molecule has 2 rings (SSSR count). The summed E-state index contributed by atoms with van der Waals surface area (Å²) in [7, 11) is 0. The van der Waals surface area contributed by atoms with Gasteiger partial charge < -0.3 is 10.4 Å². The maximum atomic E-state index is 11.9. The molecule has 0 unspecified atom stereocenters. The third-order valence-electron chi connectivity index (χ3n) is 4.43. The van der Waals surface area contributed by atoms with Crippen LogP contribution >= 0.6 is 0 Å². The number of hydrogen-bond donors (Lipinski definition) is 2. The molecule has 22 heavy (non-hydrogen) atoms. The van der Waals surface area contributed by atoms with Gasteiger partial charge in [0, 0.05) is 12.5 Å². The summed E-state index contributed by atoms with van der Waals surface area (Å²) in [5, 5.41) is 12.0. The monoisotopic (exact) mass is 303 g/mol. The summed E-state index contributed by atoms with van der Waals surface area (Å²) in [4.78, 5) is 22.8. The number of rotatable bonds is 6. The summed E-state index contributed by atoms with van der Waals surface area (Å²) in [6, 6.07) is 8.57. The van der Waals surface area contributed by atoms with Gasteiger partial charge in [0.25, 0.3) is 0 Å². The number of aliphatic carboxylic acids is 1. The zero-order valence-corrected chi connectivity index (χ0v) is 13.2. The Hall–Kier alpha value is -1.84. The number of hydrogen-bond acceptors (Lipinski definition) is 2. The number of carbonyl (C=O) groups is 2. The number of amides is 1. The Morgan fingerprint density at radius 3 is 2.36 bits per heavy atom. The summed E-state index contributed by atoms with van der Waals surface area (Å²) < 4.78 is 0. The molecule has 4 nitrogen and oxygen atoms in total. The number of carboxylic acid groups (broad SMARTS) is 1. The van der Waals surface area contributed by atoms with Crippen molar-refractivity contribution < 1.29 is 14.7 Å². The molecule has 0 aliphatic heterocycles. The van der Waals surface area contributed by atoms with Crippen molar-refractivity contribution in [1.82, 2.24) is 5.32 Å². The molecule has 0 saturated heterocycles. The number of carboxylic acids is 1. The number of carbonyl (C=O) groups excluding carboxylic acids is 1. The molecule has 1 aromatic rings. The topological polar surface area (TPSA) is 66.4 Å². The molecule has 1 saturated carbocycles. The summed E-state index contributed by atoms with van der Waals surface area (Å²) in [6.07, 6.45) is 5.19. The van der Waals surface area contributed by atoms with Crippen LogP contribution in [0.25, 0.3) is 0 Å². The van der Waals surface area contributed by atoms with Crippen LogP contribution in [0.5, 0.6) is 0 Å². The molecule has 1 aliphatic rings. The fourth-order valence-corrected chi connectivity index (χ4v) is 2.99. The van der Waals surface area contributed by atoms with Crippen LogP contribution in [-0.4, -0.2) is 23.0 Å². The molecule has 0 radical (unpaired) electrons.